The zero-order chi connectivity index (χ0) is 10.1. The summed E-state index contributed by atoms with van der Waals surface area (Å²) in [5.74, 6) is 0.333. The van der Waals surface area contributed by atoms with Crippen LogP contribution in [0.5, 0.6) is 0 Å². The lowest BCUT2D eigenvalue weighted by Crippen LogP contribution is -2.21. The minimum Gasteiger partial charge on any atom is -0.381 e. The molecule has 1 aromatic heterocycles. The number of nitrogens with zero attached hydrogens (tertiary/aromatic N) is 2. The van der Waals surface area contributed by atoms with Crippen molar-refractivity contribution in [3.8, 4) is 0 Å². The maximum atomic E-state index is 5.72. The zero-order valence-electron chi connectivity index (χ0n) is 8.04. The maximum Gasteiger partial charge on any atom is 0.164 e. The summed E-state index contributed by atoms with van der Waals surface area (Å²) in [5.41, 5.74) is 5.27. The van der Waals surface area contributed by atoms with Crippen molar-refractivity contribution in [1.29, 1.82) is 0 Å². The van der Waals surface area contributed by atoms with Crippen LogP contribution in [-0.2, 0) is 11.5 Å². The summed E-state index contributed by atoms with van der Waals surface area (Å²) in [6, 6.07) is 0. The Labute approximate surface area is 82.6 Å². The monoisotopic (exact) mass is 203 g/mol. The van der Waals surface area contributed by atoms with E-state index in [1.165, 1.54) is 0 Å². The van der Waals surface area contributed by atoms with Crippen LogP contribution in [0, 0.1) is 0 Å². The van der Waals surface area contributed by atoms with Gasteiger partial charge in [-0.15, -0.1) is 0 Å². The third-order valence-corrected chi connectivity index (χ3v) is 1.66. The van der Waals surface area contributed by atoms with Crippen molar-refractivity contribution in [1.82, 2.24) is 9.78 Å². The second kappa shape index (κ2) is 3.55. The van der Waals surface area contributed by atoms with Crippen LogP contribution in [0.25, 0.3) is 0 Å². The fourth-order valence-electron chi connectivity index (χ4n) is 0.738. The van der Waals surface area contributed by atoms with Crippen molar-refractivity contribution in [2.45, 2.75) is 33.1 Å². The SMILES string of the molecule is CC(C)(C)OCn1cc(Cl)c(N)n1. The van der Waals surface area contributed by atoms with Crippen molar-refractivity contribution in [3.05, 3.63) is 11.2 Å². The van der Waals surface area contributed by atoms with Crippen LogP contribution in [-0.4, -0.2) is 15.4 Å². The second-order valence-corrected chi connectivity index (χ2v) is 4.19. The predicted molar refractivity (Wildman–Crippen MR) is 52.5 cm³/mol. The molecule has 4 nitrogen and oxygen atoms in total. The normalized spacial score (nSPS) is 12.0. The third-order valence-electron chi connectivity index (χ3n) is 1.37. The van der Waals surface area contributed by atoms with Crippen LogP contribution >= 0.6 is 11.6 Å². The summed E-state index contributed by atoms with van der Waals surface area (Å²) in [7, 11) is 0. The van der Waals surface area contributed by atoms with Crippen LogP contribution in [0.1, 0.15) is 20.8 Å². The van der Waals surface area contributed by atoms with Gasteiger partial charge in [-0.1, -0.05) is 11.6 Å². The van der Waals surface area contributed by atoms with E-state index in [9.17, 15) is 0 Å². The van der Waals surface area contributed by atoms with Crippen LogP contribution < -0.4 is 5.73 Å². The van der Waals surface area contributed by atoms with Crippen molar-refractivity contribution >= 4 is 17.4 Å². The van der Waals surface area contributed by atoms with Crippen LogP contribution in [0.2, 0.25) is 5.02 Å². The van der Waals surface area contributed by atoms with Gasteiger partial charge in [-0.2, -0.15) is 5.10 Å². The molecular weight excluding hydrogens is 190 g/mol. The molecule has 0 atom stereocenters. The highest BCUT2D eigenvalue weighted by Crippen LogP contribution is 2.16. The summed E-state index contributed by atoms with van der Waals surface area (Å²) in [5, 5.41) is 4.41. The summed E-state index contributed by atoms with van der Waals surface area (Å²) >= 11 is 5.72. The van der Waals surface area contributed by atoms with Crippen LogP contribution in [0.3, 0.4) is 0 Å². The van der Waals surface area contributed by atoms with E-state index in [4.69, 9.17) is 22.1 Å². The fraction of sp³-hybridized carbons (Fsp3) is 0.625. The van der Waals surface area contributed by atoms with Crippen molar-refractivity contribution < 1.29 is 4.74 Å². The number of nitrogen functional groups attached to an aromatic ring is 1. The number of aromatic nitrogens is 2. The van der Waals surface area contributed by atoms with Gasteiger partial charge in [0.25, 0.3) is 0 Å². The van der Waals surface area contributed by atoms with Crippen molar-refractivity contribution in [2.24, 2.45) is 0 Å². The Bertz CT molecular complexity index is 271. The van der Waals surface area contributed by atoms with E-state index < -0.39 is 0 Å². The Morgan fingerprint density at radius 2 is 2.23 bits per heavy atom. The van der Waals surface area contributed by atoms with Gasteiger partial charge >= 0.3 is 0 Å². The van der Waals surface area contributed by atoms with Crippen molar-refractivity contribution in [3.63, 3.8) is 0 Å². The van der Waals surface area contributed by atoms with Crippen LogP contribution in [0.4, 0.5) is 5.82 Å². The molecule has 1 rings (SSSR count). The number of hydrogen-bond acceptors (Lipinski definition) is 3. The minimum absolute atomic E-state index is 0.187. The first-order valence-corrected chi connectivity index (χ1v) is 4.39. The van der Waals surface area contributed by atoms with Gasteiger partial charge in [0.15, 0.2) is 5.82 Å². The van der Waals surface area contributed by atoms with Gasteiger partial charge in [0, 0.05) is 6.20 Å². The standard InChI is InChI=1S/C8H14ClN3O/c1-8(2,3)13-5-12-4-6(9)7(10)11-12/h4H,5H2,1-3H3,(H2,10,11). The number of rotatable bonds is 2. The molecule has 0 aliphatic carbocycles. The topological polar surface area (TPSA) is 53.1 Å². The lowest BCUT2D eigenvalue weighted by Gasteiger charge is -2.18. The molecule has 0 aliphatic heterocycles. The van der Waals surface area contributed by atoms with Crippen molar-refractivity contribution in [2.75, 3.05) is 5.73 Å². The van der Waals surface area contributed by atoms with E-state index in [2.05, 4.69) is 5.10 Å². The van der Waals surface area contributed by atoms with Gasteiger partial charge in [0.05, 0.1) is 5.60 Å². The molecule has 74 valence electrons. The maximum absolute atomic E-state index is 5.72. The Balaban J connectivity index is 2.56. The highest BCUT2D eigenvalue weighted by Gasteiger charge is 2.11. The van der Waals surface area contributed by atoms with Gasteiger partial charge in [-0.05, 0) is 20.8 Å². The van der Waals surface area contributed by atoms with Gasteiger partial charge in [-0.25, -0.2) is 4.68 Å². The first-order chi connectivity index (χ1) is 5.88. The van der Waals surface area contributed by atoms with Gasteiger partial charge < -0.3 is 10.5 Å². The molecule has 0 saturated heterocycles. The number of halogens is 1. The van der Waals surface area contributed by atoms with E-state index in [0.717, 1.165) is 0 Å². The smallest absolute Gasteiger partial charge is 0.164 e. The molecular formula is C8H14ClN3O. The average molecular weight is 204 g/mol. The van der Waals surface area contributed by atoms with E-state index >= 15 is 0 Å². The molecule has 0 fully saturated rings. The van der Waals surface area contributed by atoms with Gasteiger partial charge in [-0.3, -0.25) is 0 Å². The lowest BCUT2D eigenvalue weighted by atomic mass is 10.2. The number of nitrogens with two attached hydrogens (primary N) is 1. The molecule has 13 heavy (non-hydrogen) atoms. The van der Waals surface area contributed by atoms with Crippen LogP contribution in [0.15, 0.2) is 6.20 Å². The molecule has 5 heteroatoms. The summed E-state index contributed by atoms with van der Waals surface area (Å²) in [6.07, 6.45) is 1.64. The zero-order valence-corrected chi connectivity index (χ0v) is 8.80. The second-order valence-electron chi connectivity index (χ2n) is 3.79. The summed E-state index contributed by atoms with van der Waals surface area (Å²) in [6.45, 7) is 6.28. The molecule has 0 saturated carbocycles. The molecule has 2 N–H and O–H groups in total. The number of ether oxygens (including phenoxy) is 1. The van der Waals surface area contributed by atoms with E-state index in [-0.39, 0.29) is 5.60 Å². The summed E-state index contributed by atoms with van der Waals surface area (Å²) in [4.78, 5) is 0. The Morgan fingerprint density at radius 3 is 2.62 bits per heavy atom. The van der Waals surface area contributed by atoms with E-state index in [1.807, 2.05) is 20.8 Å². The van der Waals surface area contributed by atoms with Gasteiger partial charge in [0.1, 0.15) is 11.8 Å². The highest BCUT2D eigenvalue weighted by molar-refractivity contribution is 6.32. The van der Waals surface area contributed by atoms with E-state index in [1.54, 1.807) is 10.9 Å². The Hall–Kier alpha value is -0.740. The number of anilines is 1. The largest absolute Gasteiger partial charge is 0.381 e. The minimum atomic E-state index is -0.187. The van der Waals surface area contributed by atoms with Gasteiger partial charge in [0.2, 0.25) is 0 Å². The number of hydrogen-bond donors (Lipinski definition) is 1. The Kier molecular flexibility index (Phi) is 2.83. The quantitative estimate of drug-likeness (QED) is 0.799. The molecule has 0 aliphatic rings. The first kappa shape index (κ1) is 10.3. The fourth-order valence-corrected chi connectivity index (χ4v) is 0.888. The molecule has 0 radical (unpaired) electrons. The molecule has 1 aromatic rings. The third kappa shape index (κ3) is 3.24. The predicted octanol–water partition coefficient (Wildman–Crippen LogP) is 1.89. The lowest BCUT2D eigenvalue weighted by molar-refractivity contribution is -0.0478. The summed E-state index contributed by atoms with van der Waals surface area (Å²) < 4.78 is 7.04. The average Bonchev–Trinajstić information content (AvgIpc) is 2.27. The molecule has 0 amide bonds. The molecule has 0 aromatic carbocycles. The molecule has 0 unspecified atom stereocenters. The molecule has 0 bridgehead atoms. The first-order valence-electron chi connectivity index (χ1n) is 4.01. The van der Waals surface area contributed by atoms with E-state index in [0.29, 0.717) is 17.6 Å². The molecule has 1 heterocycles. The highest BCUT2D eigenvalue weighted by atomic mass is 35.5. The Morgan fingerprint density at radius 1 is 1.62 bits per heavy atom. The molecule has 0 spiro atoms.